The third-order valence-electron chi connectivity index (χ3n) is 3.62. The molecule has 1 rings (SSSR count). The van der Waals surface area contributed by atoms with Crippen molar-refractivity contribution in [3.63, 3.8) is 0 Å². The van der Waals surface area contributed by atoms with Gasteiger partial charge in [0.2, 0.25) is 0 Å². The fraction of sp³-hybridized carbons (Fsp3) is 0.923. The second-order valence-electron chi connectivity index (χ2n) is 5.28. The molecule has 0 aromatic rings. The molecule has 0 bridgehead atoms. The highest BCUT2D eigenvalue weighted by Crippen LogP contribution is 2.31. The van der Waals surface area contributed by atoms with E-state index in [0.29, 0.717) is 38.3 Å². The molecule has 5 heteroatoms. The second kappa shape index (κ2) is 7.36. The average Bonchev–Trinajstić information content (AvgIpc) is 2.34. The number of thioether (sulfide) groups is 1. The van der Waals surface area contributed by atoms with Crippen molar-refractivity contribution in [2.75, 3.05) is 18.1 Å². The van der Waals surface area contributed by atoms with Crippen LogP contribution in [0.25, 0.3) is 0 Å². The number of aliphatic carboxylic acids is 1. The fourth-order valence-electron chi connectivity index (χ4n) is 2.30. The number of hydrogen-bond acceptors (Lipinski definition) is 4. The van der Waals surface area contributed by atoms with E-state index < -0.39 is 11.6 Å². The number of nitrogens with one attached hydrogen (secondary N) is 1. The highest BCUT2D eigenvalue weighted by molar-refractivity contribution is 7.99. The van der Waals surface area contributed by atoms with Crippen molar-refractivity contribution in [3.05, 3.63) is 0 Å². The van der Waals surface area contributed by atoms with Crippen molar-refractivity contribution in [1.82, 2.24) is 5.32 Å². The molecule has 18 heavy (non-hydrogen) atoms. The van der Waals surface area contributed by atoms with Crippen LogP contribution in [0.3, 0.4) is 0 Å². The van der Waals surface area contributed by atoms with E-state index in [1.807, 2.05) is 11.8 Å². The Morgan fingerprint density at radius 3 is 2.61 bits per heavy atom. The number of aliphatic hydroxyl groups is 1. The molecule has 1 aliphatic carbocycles. The molecule has 1 saturated carbocycles. The van der Waals surface area contributed by atoms with Crippen LogP contribution in [-0.2, 0) is 4.79 Å². The topological polar surface area (TPSA) is 69.6 Å². The van der Waals surface area contributed by atoms with Gasteiger partial charge in [-0.1, -0.05) is 6.92 Å². The van der Waals surface area contributed by atoms with Crippen LogP contribution in [0.5, 0.6) is 0 Å². The molecular formula is C13H25NO3S. The predicted octanol–water partition coefficient (Wildman–Crippen LogP) is 1.72. The van der Waals surface area contributed by atoms with Crippen LogP contribution in [0, 0.1) is 5.92 Å². The summed E-state index contributed by atoms with van der Waals surface area (Å²) >= 11 is 1.88. The molecule has 3 N–H and O–H groups in total. The van der Waals surface area contributed by atoms with Crippen molar-refractivity contribution >= 4 is 17.7 Å². The Morgan fingerprint density at radius 1 is 1.50 bits per heavy atom. The molecule has 4 nitrogen and oxygen atoms in total. The van der Waals surface area contributed by atoms with Crippen molar-refractivity contribution in [2.45, 2.75) is 51.2 Å². The zero-order chi connectivity index (χ0) is 13.6. The lowest BCUT2D eigenvalue weighted by Gasteiger charge is -2.35. The number of rotatable bonds is 7. The van der Waals surface area contributed by atoms with E-state index in [1.54, 1.807) is 0 Å². The van der Waals surface area contributed by atoms with Crippen LogP contribution < -0.4 is 5.32 Å². The van der Waals surface area contributed by atoms with Gasteiger partial charge >= 0.3 is 5.97 Å². The lowest BCUT2D eigenvalue weighted by atomic mass is 9.79. The summed E-state index contributed by atoms with van der Waals surface area (Å²) in [7, 11) is 0. The highest BCUT2D eigenvalue weighted by atomic mass is 32.2. The van der Waals surface area contributed by atoms with E-state index in [9.17, 15) is 9.90 Å². The van der Waals surface area contributed by atoms with Gasteiger partial charge in [0.05, 0.1) is 11.5 Å². The number of carboxylic acids is 1. The first-order chi connectivity index (χ1) is 8.47. The van der Waals surface area contributed by atoms with Crippen LogP contribution in [0.4, 0.5) is 0 Å². The van der Waals surface area contributed by atoms with Gasteiger partial charge in [-0.3, -0.25) is 4.79 Å². The van der Waals surface area contributed by atoms with Gasteiger partial charge in [-0.25, -0.2) is 0 Å². The van der Waals surface area contributed by atoms with Gasteiger partial charge in [-0.05, 0) is 38.4 Å². The van der Waals surface area contributed by atoms with E-state index in [4.69, 9.17) is 5.11 Å². The Balaban J connectivity index is 2.27. The molecule has 1 atom stereocenters. The highest BCUT2D eigenvalue weighted by Gasteiger charge is 2.35. The molecule has 0 radical (unpaired) electrons. The van der Waals surface area contributed by atoms with Gasteiger partial charge in [0.15, 0.2) is 0 Å². The van der Waals surface area contributed by atoms with Gasteiger partial charge in [-0.2, -0.15) is 11.8 Å². The Kier molecular flexibility index (Phi) is 6.46. The summed E-state index contributed by atoms with van der Waals surface area (Å²) in [5.41, 5.74) is -0.711. The molecule has 0 aromatic heterocycles. The number of carboxylic acid groups (broad SMARTS) is 1. The van der Waals surface area contributed by atoms with Gasteiger partial charge < -0.3 is 15.5 Å². The molecule has 1 unspecified atom stereocenters. The van der Waals surface area contributed by atoms with Crippen LogP contribution in [0.15, 0.2) is 0 Å². The fourth-order valence-corrected chi connectivity index (χ4v) is 3.00. The van der Waals surface area contributed by atoms with Crippen LogP contribution in [-0.4, -0.2) is 45.9 Å². The van der Waals surface area contributed by atoms with Gasteiger partial charge in [0.1, 0.15) is 0 Å². The van der Waals surface area contributed by atoms with Gasteiger partial charge in [-0.15, -0.1) is 0 Å². The zero-order valence-electron chi connectivity index (χ0n) is 11.3. The Labute approximate surface area is 114 Å². The molecule has 0 amide bonds. The van der Waals surface area contributed by atoms with Crippen LogP contribution in [0.1, 0.15) is 39.5 Å². The summed E-state index contributed by atoms with van der Waals surface area (Å²) in [6.45, 7) is 4.83. The molecule has 0 heterocycles. The summed E-state index contributed by atoms with van der Waals surface area (Å²) in [6.07, 6.45) is 2.35. The standard InChI is InChI=1S/C13H25NO3S/c1-3-18-8-10(2)14-9-13(17)6-4-11(5-7-13)12(15)16/h10-11,14,17H,3-9H2,1-2H3,(H,15,16). The van der Waals surface area contributed by atoms with Gasteiger partial charge in [0, 0.05) is 18.3 Å². The minimum Gasteiger partial charge on any atom is -0.481 e. The summed E-state index contributed by atoms with van der Waals surface area (Å²) in [5, 5.41) is 22.7. The maximum Gasteiger partial charge on any atom is 0.306 e. The predicted molar refractivity (Wildman–Crippen MR) is 75.0 cm³/mol. The molecular weight excluding hydrogens is 250 g/mol. The lowest BCUT2D eigenvalue weighted by Crippen LogP contribution is -2.47. The molecule has 0 saturated heterocycles. The smallest absolute Gasteiger partial charge is 0.306 e. The quantitative estimate of drug-likeness (QED) is 0.660. The summed E-state index contributed by atoms with van der Waals surface area (Å²) in [6, 6.07) is 0.385. The molecule has 0 aromatic carbocycles. The Morgan fingerprint density at radius 2 is 2.11 bits per heavy atom. The monoisotopic (exact) mass is 275 g/mol. The minimum absolute atomic E-state index is 0.265. The van der Waals surface area contributed by atoms with E-state index in [2.05, 4.69) is 19.2 Å². The number of hydrogen-bond donors (Lipinski definition) is 3. The molecule has 0 aliphatic heterocycles. The normalized spacial score (nSPS) is 30.1. The summed E-state index contributed by atoms with van der Waals surface area (Å²) in [4.78, 5) is 10.8. The second-order valence-corrected chi connectivity index (χ2v) is 6.60. The molecule has 0 spiro atoms. The molecule has 1 aliphatic rings. The number of carbonyl (C=O) groups is 1. The molecule has 1 fully saturated rings. The third kappa shape index (κ3) is 5.16. The lowest BCUT2D eigenvalue weighted by molar-refractivity contribution is -0.144. The Bertz CT molecular complexity index is 265. The SMILES string of the molecule is CCSCC(C)NCC1(O)CCC(C(=O)O)CC1. The van der Waals surface area contributed by atoms with E-state index in [1.165, 1.54) is 0 Å². The largest absolute Gasteiger partial charge is 0.481 e. The van der Waals surface area contributed by atoms with Crippen LogP contribution >= 0.6 is 11.8 Å². The summed E-state index contributed by atoms with van der Waals surface area (Å²) in [5.74, 6) is 1.16. The minimum atomic E-state index is -0.724. The van der Waals surface area contributed by atoms with Crippen molar-refractivity contribution in [3.8, 4) is 0 Å². The van der Waals surface area contributed by atoms with Gasteiger partial charge in [0.25, 0.3) is 0 Å². The Hall–Kier alpha value is -0.260. The van der Waals surface area contributed by atoms with Crippen molar-refractivity contribution in [2.24, 2.45) is 5.92 Å². The average molecular weight is 275 g/mol. The zero-order valence-corrected chi connectivity index (χ0v) is 12.1. The van der Waals surface area contributed by atoms with Crippen molar-refractivity contribution in [1.29, 1.82) is 0 Å². The van der Waals surface area contributed by atoms with E-state index >= 15 is 0 Å². The first-order valence-corrected chi connectivity index (χ1v) is 7.88. The maximum atomic E-state index is 10.8. The summed E-state index contributed by atoms with van der Waals surface area (Å²) < 4.78 is 0. The molecule has 106 valence electrons. The first-order valence-electron chi connectivity index (χ1n) is 6.73. The maximum absolute atomic E-state index is 10.8. The van der Waals surface area contributed by atoms with Crippen LogP contribution in [0.2, 0.25) is 0 Å². The van der Waals surface area contributed by atoms with E-state index in [0.717, 1.165) is 11.5 Å². The van der Waals surface area contributed by atoms with Crippen molar-refractivity contribution < 1.29 is 15.0 Å². The van der Waals surface area contributed by atoms with E-state index in [-0.39, 0.29) is 5.92 Å². The first kappa shape index (κ1) is 15.8. The third-order valence-corrected chi connectivity index (χ3v) is 4.76.